The largest absolute Gasteiger partial charge is 0.389 e. The Morgan fingerprint density at radius 2 is 1.83 bits per heavy atom. The highest BCUT2D eigenvalue weighted by Crippen LogP contribution is 2.31. The zero-order valence-electron chi connectivity index (χ0n) is 19.6. The minimum atomic E-state index is -3.68. The Kier molecular flexibility index (Phi) is 9.37. The van der Waals surface area contributed by atoms with Gasteiger partial charge in [0.1, 0.15) is 11.9 Å². The van der Waals surface area contributed by atoms with Crippen LogP contribution in [0.15, 0.2) is 40.7 Å². The minimum absolute atomic E-state index is 0.0849. The van der Waals surface area contributed by atoms with Gasteiger partial charge in [-0.15, -0.1) is 4.91 Å². The lowest BCUT2D eigenvalue weighted by atomic mass is 9.97. The Morgan fingerprint density at radius 1 is 1.20 bits per heavy atom. The van der Waals surface area contributed by atoms with Crippen molar-refractivity contribution in [1.82, 2.24) is 9.97 Å². The van der Waals surface area contributed by atoms with E-state index in [-0.39, 0.29) is 18.3 Å². The van der Waals surface area contributed by atoms with E-state index in [1.54, 1.807) is 0 Å². The van der Waals surface area contributed by atoms with Gasteiger partial charge in [-0.3, -0.25) is 4.79 Å². The predicted molar refractivity (Wildman–Crippen MR) is 129 cm³/mol. The summed E-state index contributed by atoms with van der Waals surface area (Å²) in [5.41, 5.74) is 1.67. The zero-order valence-corrected chi connectivity index (χ0v) is 20.4. The molecule has 2 aromatic rings. The molecule has 0 aliphatic carbocycles. The molecule has 0 spiro atoms. The van der Waals surface area contributed by atoms with E-state index in [1.165, 1.54) is 43.5 Å². The van der Waals surface area contributed by atoms with Gasteiger partial charge >= 0.3 is 0 Å². The topological polar surface area (TPSA) is 159 Å². The van der Waals surface area contributed by atoms with Crippen LogP contribution in [0.4, 0.5) is 10.3 Å². The second kappa shape index (κ2) is 11.8. The van der Waals surface area contributed by atoms with Crippen molar-refractivity contribution in [3.05, 3.63) is 57.2 Å². The molecular formula is C22H26FN5O6S. The van der Waals surface area contributed by atoms with Gasteiger partial charge in [0.25, 0.3) is 5.91 Å². The highest BCUT2D eigenvalue weighted by molar-refractivity contribution is 7.92. The molecule has 1 heterocycles. The van der Waals surface area contributed by atoms with Crippen LogP contribution in [0.2, 0.25) is 0 Å². The molecule has 13 heteroatoms. The summed E-state index contributed by atoms with van der Waals surface area (Å²) < 4.78 is 38.7. The van der Waals surface area contributed by atoms with E-state index in [4.69, 9.17) is 0 Å². The number of hydrogen-bond acceptors (Lipinski definition) is 9. The van der Waals surface area contributed by atoms with Crippen LogP contribution in [0.25, 0.3) is 17.3 Å². The molecule has 1 amide bonds. The molecule has 1 aromatic carbocycles. The molecular weight excluding hydrogens is 481 g/mol. The summed E-state index contributed by atoms with van der Waals surface area (Å²) in [6.45, 7) is 3.66. The molecule has 0 aliphatic heterocycles. The number of carbonyl (C=O) groups is 1. The molecule has 0 bridgehead atoms. The van der Waals surface area contributed by atoms with Gasteiger partial charge in [-0.05, 0) is 30.2 Å². The summed E-state index contributed by atoms with van der Waals surface area (Å²) in [5.74, 6) is -1.82. The third-order valence-electron chi connectivity index (χ3n) is 5.07. The third-order valence-corrected chi connectivity index (χ3v) is 6.22. The lowest BCUT2D eigenvalue weighted by molar-refractivity contribution is -0.118. The van der Waals surface area contributed by atoms with Crippen molar-refractivity contribution < 1.29 is 22.7 Å². The Labute approximate surface area is 202 Å². The number of carbonyl (C=O) groups excluding carboxylic acids is 1. The number of sulfonamides is 1. The normalized spacial score (nSPS) is 13.6. The minimum Gasteiger partial charge on any atom is -0.389 e. The second-order valence-electron chi connectivity index (χ2n) is 8.17. The van der Waals surface area contributed by atoms with Crippen LogP contribution < -0.4 is 4.31 Å². The van der Waals surface area contributed by atoms with Gasteiger partial charge in [-0.25, -0.2) is 27.1 Å². The van der Waals surface area contributed by atoms with Gasteiger partial charge in [0.05, 0.1) is 30.2 Å². The Morgan fingerprint density at radius 3 is 2.34 bits per heavy atom. The van der Waals surface area contributed by atoms with Gasteiger partial charge in [0.2, 0.25) is 16.0 Å². The van der Waals surface area contributed by atoms with Crippen molar-refractivity contribution in [2.75, 3.05) is 17.6 Å². The number of rotatable bonds is 11. The molecule has 0 saturated carbocycles. The summed E-state index contributed by atoms with van der Waals surface area (Å²) in [6, 6.07) is 4.26. The van der Waals surface area contributed by atoms with Crippen molar-refractivity contribution in [2.24, 2.45) is 10.4 Å². The number of halogens is 1. The quantitative estimate of drug-likeness (QED) is 0.453. The zero-order chi connectivity index (χ0) is 26.3. The number of anilines is 1. The highest BCUT2D eigenvalue weighted by atomic mass is 32.2. The SMILES string of the molecule is CC(C)c1nc(N(C)S(C)(=O)=O)nc(-c2ccc(F)cc2)c1/C=C/[C@@H](O)C[C@H](CC(=O)N=O)N=O. The fourth-order valence-corrected chi connectivity index (χ4v) is 3.54. The van der Waals surface area contributed by atoms with E-state index in [9.17, 15) is 32.5 Å². The van der Waals surface area contributed by atoms with Crippen LogP contribution >= 0.6 is 0 Å². The number of amides is 1. The molecule has 2 atom stereocenters. The number of aliphatic hydroxyl groups is 1. The maximum absolute atomic E-state index is 13.5. The monoisotopic (exact) mass is 507 g/mol. The van der Waals surface area contributed by atoms with Crippen molar-refractivity contribution in [1.29, 1.82) is 0 Å². The van der Waals surface area contributed by atoms with Crippen molar-refractivity contribution >= 4 is 28.0 Å². The molecule has 188 valence electrons. The summed E-state index contributed by atoms with van der Waals surface area (Å²) in [6.07, 6.45) is 1.87. The van der Waals surface area contributed by atoms with Gasteiger partial charge in [-0.1, -0.05) is 31.2 Å². The molecule has 35 heavy (non-hydrogen) atoms. The van der Waals surface area contributed by atoms with E-state index >= 15 is 0 Å². The first-order valence-corrected chi connectivity index (χ1v) is 12.4. The smallest absolute Gasteiger partial charge is 0.288 e. The number of nitroso groups, excluding NO2 is 2. The van der Waals surface area contributed by atoms with E-state index in [2.05, 4.69) is 20.3 Å². The number of benzene rings is 1. The summed E-state index contributed by atoms with van der Waals surface area (Å²) in [7, 11) is -2.37. The van der Waals surface area contributed by atoms with E-state index in [0.29, 0.717) is 22.5 Å². The third kappa shape index (κ3) is 7.52. The summed E-state index contributed by atoms with van der Waals surface area (Å²) in [4.78, 5) is 41.3. The number of aromatic nitrogens is 2. The Bertz CT molecular complexity index is 1220. The molecule has 0 aliphatic rings. The predicted octanol–water partition coefficient (Wildman–Crippen LogP) is 3.38. The van der Waals surface area contributed by atoms with Gasteiger partial charge in [0.15, 0.2) is 0 Å². The van der Waals surface area contributed by atoms with Crippen LogP contribution in [0.3, 0.4) is 0 Å². The number of hydrogen-bond donors (Lipinski definition) is 1. The second-order valence-corrected chi connectivity index (χ2v) is 10.2. The molecule has 1 N–H and O–H groups in total. The van der Waals surface area contributed by atoms with E-state index < -0.39 is 40.3 Å². The Hall–Kier alpha value is -3.45. The number of aliphatic hydroxyl groups excluding tert-OH is 1. The molecule has 0 unspecified atom stereocenters. The van der Waals surface area contributed by atoms with Crippen LogP contribution in [-0.2, 0) is 14.8 Å². The maximum atomic E-state index is 13.5. The first-order chi connectivity index (χ1) is 16.4. The fourth-order valence-electron chi connectivity index (χ4n) is 3.16. The van der Waals surface area contributed by atoms with E-state index in [1.807, 2.05) is 13.8 Å². The lowest BCUT2D eigenvalue weighted by Crippen LogP contribution is -2.27. The summed E-state index contributed by atoms with van der Waals surface area (Å²) in [5, 5.41) is 15.4. The van der Waals surface area contributed by atoms with Crippen molar-refractivity contribution in [2.45, 2.75) is 44.8 Å². The molecule has 1 aromatic heterocycles. The van der Waals surface area contributed by atoms with Crippen LogP contribution in [0.1, 0.15) is 43.9 Å². The molecule has 0 radical (unpaired) electrons. The molecule has 0 fully saturated rings. The first kappa shape index (κ1) is 27.8. The molecule has 0 saturated heterocycles. The average molecular weight is 508 g/mol. The average Bonchev–Trinajstić information content (AvgIpc) is 2.80. The van der Waals surface area contributed by atoms with Gasteiger partial charge in [-0.2, -0.15) is 4.91 Å². The van der Waals surface area contributed by atoms with E-state index in [0.717, 1.165) is 10.6 Å². The van der Waals surface area contributed by atoms with Gasteiger partial charge in [0, 0.05) is 29.8 Å². The van der Waals surface area contributed by atoms with Crippen molar-refractivity contribution in [3.63, 3.8) is 0 Å². The van der Waals surface area contributed by atoms with Crippen LogP contribution in [0, 0.1) is 15.6 Å². The highest BCUT2D eigenvalue weighted by Gasteiger charge is 2.23. The number of nitrogens with zero attached hydrogens (tertiary/aromatic N) is 5. The fraction of sp³-hybridized carbons (Fsp3) is 0.409. The van der Waals surface area contributed by atoms with Crippen LogP contribution in [-0.4, -0.2) is 54.8 Å². The van der Waals surface area contributed by atoms with Gasteiger partial charge < -0.3 is 5.11 Å². The summed E-state index contributed by atoms with van der Waals surface area (Å²) >= 11 is 0. The maximum Gasteiger partial charge on any atom is 0.288 e. The van der Waals surface area contributed by atoms with Crippen LogP contribution in [0.5, 0.6) is 0 Å². The molecule has 11 nitrogen and oxygen atoms in total. The molecule has 2 rings (SSSR count). The standard InChI is InChI=1S/C22H26FN5O6S/c1-13(2)20-18(10-9-17(29)11-16(26-31)12-19(30)27-32)21(14-5-7-15(23)8-6-14)25-22(24-20)28(3)35(4,33)34/h5-10,13,16-17,29H,11-12H2,1-4H3/b10-9+/t16-,17-/m1/s1. The van der Waals surface area contributed by atoms with Crippen molar-refractivity contribution in [3.8, 4) is 11.3 Å². The lowest BCUT2D eigenvalue weighted by Gasteiger charge is -2.20. The Balaban J connectivity index is 2.59. The first-order valence-electron chi connectivity index (χ1n) is 10.5.